The first-order valence-corrected chi connectivity index (χ1v) is 7.20. The van der Waals surface area contributed by atoms with E-state index < -0.39 is 0 Å². The average Bonchev–Trinajstić information content (AvgIpc) is 2.09. The lowest BCUT2D eigenvalue weighted by atomic mass is 10.1. The highest BCUT2D eigenvalue weighted by Gasteiger charge is 2.13. The van der Waals surface area contributed by atoms with E-state index in [1.807, 2.05) is 0 Å². The van der Waals surface area contributed by atoms with Gasteiger partial charge in [-0.25, -0.2) is 0 Å². The molecule has 14 heavy (non-hydrogen) atoms. The molecule has 0 N–H and O–H groups in total. The Hall–Kier alpha value is 0.700. The number of thiol groups is 1. The van der Waals surface area contributed by atoms with Crippen LogP contribution in [-0.2, 0) is 0 Å². The summed E-state index contributed by atoms with van der Waals surface area (Å²) in [5.41, 5.74) is 0. The van der Waals surface area contributed by atoms with Crippen LogP contribution < -0.4 is 0 Å². The highest BCUT2D eigenvalue weighted by atomic mass is 32.2. The van der Waals surface area contributed by atoms with Gasteiger partial charge in [0.15, 0.2) is 0 Å². The summed E-state index contributed by atoms with van der Waals surface area (Å²) >= 11 is 6.64. The second-order valence-electron chi connectivity index (χ2n) is 4.88. The van der Waals surface area contributed by atoms with Gasteiger partial charge in [0.2, 0.25) is 0 Å². The molecule has 0 bridgehead atoms. The van der Waals surface area contributed by atoms with Crippen LogP contribution in [0.25, 0.3) is 0 Å². The summed E-state index contributed by atoms with van der Waals surface area (Å²) in [6, 6.07) is 0. The van der Waals surface area contributed by atoms with Crippen LogP contribution in [0.5, 0.6) is 0 Å². The van der Waals surface area contributed by atoms with Gasteiger partial charge in [-0.3, -0.25) is 0 Å². The third-order valence-electron chi connectivity index (χ3n) is 2.76. The lowest BCUT2D eigenvalue weighted by molar-refractivity contribution is 0.556. The van der Waals surface area contributed by atoms with Crippen LogP contribution in [0.15, 0.2) is 0 Å². The summed E-state index contributed by atoms with van der Waals surface area (Å²) in [4.78, 5) is 0. The zero-order valence-electron chi connectivity index (χ0n) is 10.3. The van der Waals surface area contributed by atoms with Crippen LogP contribution in [-0.4, -0.2) is 15.7 Å². The minimum absolute atomic E-state index is 0.209. The van der Waals surface area contributed by atoms with E-state index in [0.717, 1.165) is 11.2 Å². The fourth-order valence-electron chi connectivity index (χ4n) is 1.27. The topological polar surface area (TPSA) is 0 Å². The summed E-state index contributed by atoms with van der Waals surface area (Å²) in [6.07, 6.45) is 3.81. The van der Waals surface area contributed by atoms with E-state index in [1.165, 1.54) is 25.0 Å². The predicted octanol–water partition coefficient (Wildman–Crippen LogP) is 4.64. The van der Waals surface area contributed by atoms with Crippen LogP contribution in [0.3, 0.4) is 0 Å². The number of thioether (sulfide) groups is 1. The molecule has 0 aliphatic carbocycles. The van der Waals surface area contributed by atoms with E-state index in [4.69, 9.17) is 0 Å². The standard InChI is InChI=1S/C12H26S2/c1-6-10(2)11(3)14-9-7-8-12(4,5)13/h10-11,13H,6-9H2,1-5H3. The Kier molecular flexibility index (Phi) is 7.41. The van der Waals surface area contributed by atoms with Gasteiger partial charge in [0, 0.05) is 10.00 Å². The van der Waals surface area contributed by atoms with E-state index in [-0.39, 0.29) is 4.75 Å². The smallest absolute Gasteiger partial charge is 0.00734 e. The van der Waals surface area contributed by atoms with Crippen LogP contribution in [0, 0.1) is 5.92 Å². The summed E-state index contributed by atoms with van der Waals surface area (Å²) in [5.74, 6) is 2.14. The molecule has 0 nitrogen and oxygen atoms in total. The first-order chi connectivity index (χ1) is 6.37. The van der Waals surface area contributed by atoms with Gasteiger partial charge in [0.05, 0.1) is 0 Å². The first kappa shape index (κ1) is 14.7. The third kappa shape index (κ3) is 8.05. The van der Waals surface area contributed by atoms with Gasteiger partial charge in [0.1, 0.15) is 0 Å². The molecule has 0 radical (unpaired) electrons. The van der Waals surface area contributed by atoms with Crippen molar-refractivity contribution in [3.63, 3.8) is 0 Å². The largest absolute Gasteiger partial charge is 0.173 e. The van der Waals surface area contributed by atoms with Crippen molar-refractivity contribution in [3.8, 4) is 0 Å². The van der Waals surface area contributed by atoms with Crippen LogP contribution in [0.4, 0.5) is 0 Å². The van der Waals surface area contributed by atoms with Crippen molar-refractivity contribution in [2.24, 2.45) is 5.92 Å². The molecule has 0 rings (SSSR count). The zero-order valence-corrected chi connectivity index (χ0v) is 12.0. The molecule has 2 atom stereocenters. The molecule has 0 aliphatic rings. The van der Waals surface area contributed by atoms with Gasteiger partial charge in [-0.15, -0.1) is 0 Å². The Morgan fingerprint density at radius 3 is 2.29 bits per heavy atom. The van der Waals surface area contributed by atoms with E-state index >= 15 is 0 Å². The van der Waals surface area contributed by atoms with Crippen LogP contribution in [0.1, 0.15) is 53.9 Å². The Labute approximate surface area is 100 Å². The molecular weight excluding hydrogens is 208 g/mol. The minimum atomic E-state index is 0.209. The second-order valence-corrected chi connectivity index (χ2v) is 7.57. The maximum Gasteiger partial charge on any atom is 0.00734 e. The third-order valence-corrected chi connectivity index (χ3v) is 4.50. The lowest BCUT2D eigenvalue weighted by Gasteiger charge is -2.20. The van der Waals surface area contributed by atoms with Crippen molar-refractivity contribution >= 4 is 24.4 Å². The van der Waals surface area contributed by atoms with Crippen LogP contribution >= 0.6 is 24.4 Å². The Bertz CT molecular complexity index is 138. The van der Waals surface area contributed by atoms with Gasteiger partial charge in [-0.2, -0.15) is 24.4 Å². The number of rotatable bonds is 7. The van der Waals surface area contributed by atoms with E-state index in [0.29, 0.717) is 0 Å². The molecule has 0 saturated heterocycles. The molecule has 86 valence electrons. The van der Waals surface area contributed by atoms with Crippen molar-refractivity contribution in [1.82, 2.24) is 0 Å². The van der Waals surface area contributed by atoms with Gasteiger partial charge in [0.25, 0.3) is 0 Å². The summed E-state index contributed by atoms with van der Waals surface area (Å²) in [6.45, 7) is 11.4. The quantitative estimate of drug-likeness (QED) is 0.494. The van der Waals surface area contributed by atoms with E-state index in [9.17, 15) is 0 Å². The Morgan fingerprint density at radius 1 is 1.29 bits per heavy atom. The van der Waals surface area contributed by atoms with E-state index in [2.05, 4.69) is 59.0 Å². The Morgan fingerprint density at radius 2 is 1.86 bits per heavy atom. The van der Waals surface area contributed by atoms with Crippen molar-refractivity contribution in [1.29, 1.82) is 0 Å². The molecule has 2 heteroatoms. The van der Waals surface area contributed by atoms with Gasteiger partial charge >= 0.3 is 0 Å². The van der Waals surface area contributed by atoms with Crippen LogP contribution in [0.2, 0.25) is 0 Å². The van der Waals surface area contributed by atoms with Gasteiger partial charge < -0.3 is 0 Å². The fourth-order valence-corrected chi connectivity index (χ4v) is 2.63. The normalized spacial score (nSPS) is 16.7. The van der Waals surface area contributed by atoms with Gasteiger partial charge in [-0.1, -0.05) is 41.0 Å². The number of hydrogen-bond acceptors (Lipinski definition) is 2. The molecule has 0 saturated carbocycles. The van der Waals surface area contributed by atoms with Crippen molar-refractivity contribution in [2.75, 3.05) is 5.75 Å². The molecule has 2 unspecified atom stereocenters. The molecule has 0 spiro atoms. The maximum absolute atomic E-state index is 4.53. The highest BCUT2D eigenvalue weighted by Crippen LogP contribution is 2.25. The lowest BCUT2D eigenvalue weighted by Crippen LogP contribution is -2.12. The minimum Gasteiger partial charge on any atom is -0.173 e. The molecule has 0 aromatic heterocycles. The predicted molar refractivity (Wildman–Crippen MR) is 73.7 cm³/mol. The maximum atomic E-state index is 4.53. The second kappa shape index (κ2) is 7.05. The number of hydrogen-bond donors (Lipinski definition) is 1. The monoisotopic (exact) mass is 234 g/mol. The molecule has 0 amide bonds. The van der Waals surface area contributed by atoms with Crippen molar-refractivity contribution < 1.29 is 0 Å². The summed E-state index contributed by atoms with van der Waals surface area (Å²) < 4.78 is 0.209. The highest BCUT2D eigenvalue weighted by molar-refractivity contribution is 7.99. The fraction of sp³-hybridized carbons (Fsp3) is 1.00. The molecule has 0 fully saturated rings. The molecular formula is C12H26S2. The van der Waals surface area contributed by atoms with E-state index in [1.54, 1.807) is 0 Å². The molecule has 0 aliphatic heterocycles. The first-order valence-electron chi connectivity index (χ1n) is 5.70. The Balaban J connectivity index is 3.45. The summed E-state index contributed by atoms with van der Waals surface area (Å²) in [5, 5.41) is 0.808. The van der Waals surface area contributed by atoms with Gasteiger partial charge in [-0.05, 0) is 24.5 Å². The zero-order chi connectivity index (χ0) is 11.2. The SMILES string of the molecule is CCC(C)C(C)SCCCC(C)(C)S. The van der Waals surface area contributed by atoms with Crippen molar-refractivity contribution in [2.45, 2.75) is 63.9 Å². The average molecular weight is 234 g/mol. The molecule has 0 aromatic carbocycles. The summed E-state index contributed by atoms with van der Waals surface area (Å²) in [7, 11) is 0. The molecule has 0 aromatic rings. The molecule has 0 heterocycles. The van der Waals surface area contributed by atoms with Crippen molar-refractivity contribution in [3.05, 3.63) is 0 Å².